The minimum Gasteiger partial charge on any atom is -0.484 e. The molecule has 2 unspecified atom stereocenters. The van der Waals surface area contributed by atoms with Crippen molar-refractivity contribution in [2.75, 3.05) is 26.0 Å². The van der Waals surface area contributed by atoms with E-state index in [9.17, 15) is 4.79 Å². The number of carbonyl (C=O) groups excluding carboxylic acids is 1. The van der Waals surface area contributed by atoms with Crippen LogP contribution in [0, 0.1) is 21.6 Å². The lowest BCUT2D eigenvalue weighted by Gasteiger charge is -2.32. The van der Waals surface area contributed by atoms with Crippen molar-refractivity contribution < 1.29 is 9.53 Å². The van der Waals surface area contributed by atoms with Crippen LogP contribution in [0.4, 0.5) is 10.5 Å². The Morgan fingerprint density at radius 3 is 2.41 bits per heavy atom. The van der Waals surface area contributed by atoms with Crippen LogP contribution >= 0.6 is 23.2 Å². The summed E-state index contributed by atoms with van der Waals surface area (Å²) in [5.41, 5.74) is 2.85. The van der Waals surface area contributed by atoms with E-state index in [1.165, 1.54) is 4.57 Å². The molecule has 5 rings (SSSR count). The first-order valence-electron chi connectivity index (χ1n) is 16.6. The predicted molar refractivity (Wildman–Crippen MR) is 202 cm³/mol. The predicted octanol–water partition coefficient (Wildman–Crippen LogP) is 7.18. The van der Waals surface area contributed by atoms with Gasteiger partial charge in [-0.2, -0.15) is 5.10 Å². The second kappa shape index (κ2) is 16.0. The molecule has 1 aliphatic carbocycles. The summed E-state index contributed by atoms with van der Waals surface area (Å²) in [5.74, 6) is 0.786. The molecule has 2 heterocycles. The summed E-state index contributed by atoms with van der Waals surface area (Å²) < 4.78 is 9.67. The fraction of sp³-hybridized carbons (Fsp3) is 0.324. The number of urea groups is 1. The van der Waals surface area contributed by atoms with E-state index in [2.05, 4.69) is 25.9 Å². The van der Waals surface area contributed by atoms with Crippen molar-refractivity contribution in [3.05, 3.63) is 117 Å². The molecule has 0 aliphatic heterocycles. The maximum Gasteiger partial charge on any atom is 0.320 e. The highest BCUT2D eigenvalue weighted by Gasteiger charge is 2.30. The highest BCUT2D eigenvalue weighted by atomic mass is 35.5. The van der Waals surface area contributed by atoms with Gasteiger partial charge < -0.3 is 25.7 Å². The number of hydrogen-bond acceptors (Lipinski definition) is 8. The lowest BCUT2D eigenvalue weighted by molar-refractivity contribution is 0.171. The first-order chi connectivity index (χ1) is 24.2. The Labute approximate surface area is 307 Å². The van der Waals surface area contributed by atoms with Crippen LogP contribution < -0.4 is 26.2 Å². The molecule has 14 heteroatoms. The van der Waals surface area contributed by atoms with Crippen LogP contribution in [-0.4, -0.2) is 57.5 Å². The van der Waals surface area contributed by atoms with Gasteiger partial charge in [0.2, 0.25) is 0 Å². The lowest BCUT2D eigenvalue weighted by atomic mass is 9.85. The van der Waals surface area contributed by atoms with Gasteiger partial charge in [-0.1, -0.05) is 74.3 Å². The number of hydrogen-bond donors (Lipinski definition) is 6. The maximum absolute atomic E-state index is 13.5. The molecule has 4 aromatic rings. The van der Waals surface area contributed by atoms with Gasteiger partial charge in [-0.3, -0.25) is 25.4 Å². The van der Waals surface area contributed by atoms with Crippen molar-refractivity contribution in [3.63, 3.8) is 0 Å². The second-order valence-corrected chi connectivity index (χ2v) is 14.5. The Kier molecular flexibility index (Phi) is 11.7. The lowest BCUT2D eigenvalue weighted by Crippen LogP contribution is -2.41. The third-order valence-corrected chi connectivity index (χ3v) is 9.04. The van der Waals surface area contributed by atoms with E-state index in [0.717, 1.165) is 17.7 Å². The molecular formula is C37H44Cl2N10O2. The van der Waals surface area contributed by atoms with Gasteiger partial charge in [0, 0.05) is 29.9 Å². The van der Waals surface area contributed by atoms with E-state index >= 15 is 0 Å². The van der Waals surface area contributed by atoms with Crippen LogP contribution in [0.25, 0.3) is 0 Å². The maximum atomic E-state index is 13.5. The topological polar surface area (TPSA) is 160 Å². The number of aromatic nitrogens is 3. The summed E-state index contributed by atoms with van der Waals surface area (Å²) in [6.07, 6.45) is 7.63. The van der Waals surface area contributed by atoms with Gasteiger partial charge in [0.15, 0.2) is 0 Å². The van der Waals surface area contributed by atoms with Gasteiger partial charge in [-0.25, -0.2) is 4.79 Å². The van der Waals surface area contributed by atoms with Crippen molar-refractivity contribution in [2.24, 2.45) is 5.41 Å². The number of anilines is 1. The Morgan fingerprint density at radius 1 is 1.02 bits per heavy atom. The van der Waals surface area contributed by atoms with Gasteiger partial charge in [-0.15, -0.1) is 0 Å². The highest BCUT2D eigenvalue weighted by molar-refractivity contribution is 6.40. The quantitative estimate of drug-likeness (QED) is 0.0711. The van der Waals surface area contributed by atoms with Gasteiger partial charge in [0.1, 0.15) is 29.0 Å². The van der Waals surface area contributed by atoms with Gasteiger partial charge in [0.25, 0.3) is 0 Å². The number of likely N-dealkylation sites (N-methyl/N-ethyl adjacent to an activating group) is 1. The average molecular weight is 732 g/mol. The molecule has 12 nitrogen and oxygen atoms in total. The number of benzene rings is 2. The molecule has 0 saturated heterocycles. The van der Waals surface area contributed by atoms with E-state index in [4.69, 9.17) is 44.2 Å². The number of nitrogens with zero attached hydrogens (tertiary/aromatic N) is 4. The largest absolute Gasteiger partial charge is 0.484 e. The number of carbonyl (C=O) groups is 1. The molecular weight excluding hydrogens is 687 g/mol. The van der Waals surface area contributed by atoms with Crippen LogP contribution in [0.2, 0.25) is 10.0 Å². The summed E-state index contributed by atoms with van der Waals surface area (Å²) in [4.78, 5) is 15.6. The van der Waals surface area contributed by atoms with Crippen LogP contribution in [0.5, 0.6) is 5.75 Å². The van der Waals surface area contributed by atoms with Crippen LogP contribution in [-0.2, 0) is 6.54 Å². The highest BCUT2D eigenvalue weighted by Crippen LogP contribution is 2.38. The van der Waals surface area contributed by atoms with Crippen molar-refractivity contribution in [2.45, 2.75) is 52.3 Å². The van der Waals surface area contributed by atoms with E-state index in [-0.39, 0.29) is 23.5 Å². The number of amides is 2. The summed E-state index contributed by atoms with van der Waals surface area (Å²) in [7, 11) is 4.01. The smallest absolute Gasteiger partial charge is 0.320 e. The Hall–Kier alpha value is -4.91. The number of pyridine rings is 1. The molecule has 2 aromatic heterocycles. The van der Waals surface area contributed by atoms with E-state index in [1.54, 1.807) is 48.8 Å². The SMILES string of the molecule is CN(C)CCn1cc(N/C(=C\C(=N)C(C)(C)C)NC(=O)NC2CCC(Oc3ccc(=N)n(C(=N)c4c(Cl)cccc4Cl)c3)c3ccccc32)cn1. The Bertz CT molecular complexity index is 1990. The zero-order valence-electron chi connectivity index (χ0n) is 29.3. The van der Waals surface area contributed by atoms with E-state index in [1.807, 2.05) is 70.0 Å². The number of fused-ring (bicyclic) bond motifs is 1. The summed E-state index contributed by atoms with van der Waals surface area (Å²) in [6, 6.07) is 15.4. The molecule has 2 aromatic carbocycles. The third kappa shape index (κ3) is 9.46. The molecule has 1 aliphatic rings. The van der Waals surface area contributed by atoms with Crippen molar-refractivity contribution in [3.8, 4) is 5.75 Å². The summed E-state index contributed by atoms with van der Waals surface area (Å²) in [6.45, 7) is 7.37. The van der Waals surface area contributed by atoms with Crippen molar-refractivity contribution in [1.29, 1.82) is 16.2 Å². The molecule has 0 spiro atoms. The number of nitrogens with one attached hydrogen (secondary N) is 6. The number of allylic oxidation sites excluding steroid dienone is 1. The van der Waals surface area contributed by atoms with Crippen molar-refractivity contribution >= 4 is 46.5 Å². The van der Waals surface area contributed by atoms with Gasteiger partial charge >= 0.3 is 6.03 Å². The molecule has 0 bridgehead atoms. The van der Waals surface area contributed by atoms with Gasteiger partial charge in [0.05, 0.1) is 46.3 Å². The third-order valence-electron chi connectivity index (χ3n) is 8.41. The molecule has 51 heavy (non-hydrogen) atoms. The van der Waals surface area contributed by atoms with Crippen LogP contribution in [0.15, 0.2) is 85.1 Å². The molecule has 0 saturated carbocycles. The number of halogens is 2. The van der Waals surface area contributed by atoms with Crippen molar-refractivity contribution in [1.82, 2.24) is 29.9 Å². The first kappa shape index (κ1) is 37.3. The molecule has 2 amide bonds. The molecule has 6 N–H and O–H groups in total. The average Bonchev–Trinajstić information content (AvgIpc) is 3.52. The molecule has 0 fully saturated rings. The molecule has 268 valence electrons. The fourth-order valence-electron chi connectivity index (χ4n) is 5.56. The summed E-state index contributed by atoms with van der Waals surface area (Å²) in [5, 5.41) is 40.1. The summed E-state index contributed by atoms with van der Waals surface area (Å²) >= 11 is 12.7. The molecule has 0 radical (unpaired) electrons. The Balaban J connectivity index is 1.31. The normalized spacial score (nSPS) is 16.0. The zero-order chi connectivity index (χ0) is 36.9. The minimum absolute atomic E-state index is 0.0425. The Morgan fingerprint density at radius 2 is 1.73 bits per heavy atom. The van der Waals surface area contributed by atoms with E-state index < -0.39 is 11.4 Å². The number of rotatable bonds is 11. The monoisotopic (exact) mass is 730 g/mol. The zero-order valence-corrected chi connectivity index (χ0v) is 30.9. The van der Waals surface area contributed by atoms with Crippen LogP contribution in [0.1, 0.15) is 62.4 Å². The molecule has 2 atom stereocenters. The fourth-order valence-corrected chi connectivity index (χ4v) is 6.13. The number of ether oxygens (including phenoxy) is 1. The first-order valence-corrected chi connectivity index (χ1v) is 17.3. The van der Waals surface area contributed by atoms with Crippen LogP contribution in [0.3, 0.4) is 0 Å². The van der Waals surface area contributed by atoms with Gasteiger partial charge in [-0.05, 0) is 62.3 Å². The second-order valence-electron chi connectivity index (χ2n) is 13.7. The minimum atomic E-state index is -0.430. The standard InChI is InChI=1S/C37H44Cl2N10O2/c1-37(2,3)31(40)19-33(44-23-20-43-48(21-23)18-17-47(4)5)46-36(50)45-29-14-15-30(26-10-7-6-9-25(26)29)51-24-13-16-32(41)49(22-24)35(42)34-27(38)11-8-12-28(34)39/h6-13,16,19-22,29-30,40-42,44H,14-15,17-18H2,1-5H3,(H2,45,46,50)/b33-19+,40-31?,41-32?,42-35?. The van der Waals surface area contributed by atoms with E-state index in [0.29, 0.717) is 58.0 Å².